The lowest BCUT2D eigenvalue weighted by atomic mass is 9.93. The number of fused-ring (bicyclic) bond motifs is 1. The highest BCUT2D eigenvalue weighted by Crippen LogP contribution is 2.39. The SMILES string of the molecule is CCCCN1C(=O)C[C@H](C(=O)NNc2nc3ccccc3c(=O)n2CC)[C@@H]1c1ccc(OC)cc1. The summed E-state index contributed by atoms with van der Waals surface area (Å²) in [7, 11) is 1.60. The molecule has 2 heterocycles. The van der Waals surface area contributed by atoms with Crippen LogP contribution in [0, 0.1) is 5.92 Å². The third-order valence-electron chi connectivity index (χ3n) is 6.45. The van der Waals surface area contributed by atoms with Gasteiger partial charge < -0.3 is 9.64 Å². The predicted octanol–water partition coefficient (Wildman–Crippen LogP) is 3.26. The second kappa shape index (κ2) is 10.6. The highest BCUT2D eigenvalue weighted by molar-refractivity contribution is 5.91. The number of nitrogens with zero attached hydrogens (tertiary/aromatic N) is 3. The van der Waals surface area contributed by atoms with E-state index in [1.165, 1.54) is 4.57 Å². The molecule has 2 atom stereocenters. The van der Waals surface area contributed by atoms with Gasteiger partial charge in [-0.25, -0.2) is 4.98 Å². The molecule has 9 heteroatoms. The zero-order valence-corrected chi connectivity index (χ0v) is 20.3. The second-order valence-corrected chi connectivity index (χ2v) is 8.59. The fourth-order valence-electron chi connectivity index (χ4n) is 4.60. The summed E-state index contributed by atoms with van der Waals surface area (Å²) in [6, 6.07) is 14.2. The van der Waals surface area contributed by atoms with E-state index in [1.807, 2.05) is 37.3 Å². The number of hydrogen-bond donors (Lipinski definition) is 2. The molecule has 1 fully saturated rings. The van der Waals surface area contributed by atoms with Crippen LogP contribution in [0.4, 0.5) is 5.95 Å². The van der Waals surface area contributed by atoms with Crippen LogP contribution in [-0.2, 0) is 16.1 Å². The molecule has 2 aromatic carbocycles. The van der Waals surface area contributed by atoms with Crippen LogP contribution in [-0.4, -0.2) is 39.9 Å². The Morgan fingerprint density at radius 1 is 1.11 bits per heavy atom. The summed E-state index contributed by atoms with van der Waals surface area (Å²) in [5.41, 5.74) is 6.78. The van der Waals surface area contributed by atoms with E-state index >= 15 is 0 Å². The van der Waals surface area contributed by atoms with Crippen LogP contribution >= 0.6 is 0 Å². The van der Waals surface area contributed by atoms with Crippen molar-refractivity contribution in [2.24, 2.45) is 5.92 Å². The van der Waals surface area contributed by atoms with Crippen LogP contribution in [0.5, 0.6) is 5.75 Å². The van der Waals surface area contributed by atoms with Crippen LogP contribution in [0.2, 0.25) is 0 Å². The number of hydrazine groups is 1. The summed E-state index contributed by atoms with van der Waals surface area (Å²) in [5, 5.41) is 0.513. The van der Waals surface area contributed by atoms with Crippen LogP contribution in [0.25, 0.3) is 10.9 Å². The lowest BCUT2D eigenvalue weighted by molar-refractivity contribution is -0.129. The number of benzene rings is 2. The van der Waals surface area contributed by atoms with Gasteiger partial charge in [-0.15, -0.1) is 0 Å². The first-order valence-corrected chi connectivity index (χ1v) is 12.0. The molecule has 2 N–H and O–H groups in total. The standard InChI is InChI=1S/C26H31N5O4/c1-4-6-15-31-22(32)16-20(23(31)17-11-13-18(35-3)14-12-17)24(33)28-29-26-27-21-10-8-7-9-19(21)25(34)30(26)5-2/h7-14,20,23H,4-6,15-16H2,1-3H3,(H,27,29)(H,28,33)/t20-,23-/m0/s1. The molecular formula is C26H31N5O4. The minimum absolute atomic E-state index is 0.0475. The molecule has 1 aromatic heterocycles. The predicted molar refractivity (Wildman–Crippen MR) is 134 cm³/mol. The van der Waals surface area contributed by atoms with Gasteiger partial charge >= 0.3 is 0 Å². The van der Waals surface area contributed by atoms with Gasteiger partial charge in [0.25, 0.3) is 5.56 Å². The van der Waals surface area contributed by atoms with E-state index in [2.05, 4.69) is 22.8 Å². The Kier molecular flexibility index (Phi) is 7.33. The number of amides is 2. The van der Waals surface area contributed by atoms with Gasteiger partial charge in [0.2, 0.25) is 17.8 Å². The van der Waals surface area contributed by atoms with Crippen LogP contribution in [0.3, 0.4) is 0 Å². The number of aromatic nitrogens is 2. The smallest absolute Gasteiger partial charge is 0.262 e. The molecule has 0 aliphatic carbocycles. The number of carbonyl (C=O) groups is 2. The van der Waals surface area contributed by atoms with Crippen LogP contribution in [0.15, 0.2) is 53.3 Å². The minimum atomic E-state index is -0.595. The van der Waals surface area contributed by atoms with Crippen molar-refractivity contribution in [2.45, 2.75) is 45.7 Å². The fraction of sp³-hybridized carbons (Fsp3) is 0.385. The molecule has 0 radical (unpaired) electrons. The largest absolute Gasteiger partial charge is 0.497 e. The summed E-state index contributed by atoms with van der Waals surface area (Å²) in [6.07, 6.45) is 1.91. The van der Waals surface area contributed by atoms with Gasteiger partial charge in [-0.05, 0) is 43.2 Å². The number of likely N-dealkylation sites (tertiary alicyclic amines) is 1. The van der Waals surface area contributed by atoms with E-state index in [9.17, 15) is 14.4 Å². The van der Waals surface area contributed by atoms with Gasteiger partial charge in [-0.2, -0.15) is 0 Å². The van der Waals surface area contributed by atoms with Crippen LogP contribution in [0.1, 0.15) is 44.7 Å². The molecule has 3 aromatic rings. The molecule has 0 spiro atoms. The van der Waals surface area contributed by atoms with Crippen molar-refractivity contribution in [1.29, 1.82) is 0 Å². The maximum atomic E-state index is 13.3. The number of ether oxygens (including phenoxy) is 1. The quantitative estimate of drug-likeness (QED) is 0.459. The summed E-state index contributed by atoms with van der Waals surface area (Å²) in [6.45, 7) is 4.88. The Hall–Kier alpha value is -3.88. The van der Waals surface area contributed by atoms with Gasteiger partial charge in [0.15, 0.2) is 0 Å². The Morgan fingerprint density at radius 2 is 1.86 bits per heavy atom. The normalized spacial score (nSPS) is 17.6. The molecule has 0 unspecified atom stereocenters. The number of hydrogen-bond acceptors (Lipinski definition) is 6. The van der Waals surface area contributed by atoms with Crippen molar-refractivity contribution in [3.63, 3.8) is 0 Å². The molecule has 1 aliphatic rings. The molecule has 2 amide bonds. The number of anilines is 1. The number of unbranched alkanes of at least 4 members (excludes halogenated alkanes) is 1. The number of para-hydroxylation sites is 1. The van der Waals surface area contributed by atoms with E-state index < -0.39 is 5.92 Å². The van der Waals surface area contributed by atoms with Crippen molar-refractivity contribution in [2.75, 3.05) is 19.1 Å². The minimum Gasteiger partial charge on any atom is -0.497 e. The van der Waals surface area contributed by atoms with E-state index in [1.54, 1.807) is 30.2 Å². The Bertz CT molecular complexity index is 1270. The van der Waals surface area contributed by atoms with Gasteiger partial charge in [0, 0.05) is 19.5 Å². The van der Waals surface area contributed by atoms with E-state index in [-0.39, 0.29) is 35.8 Å². The zero-order chi connectivity index (χ0) is 24.9. The molecule has 0 bridgehead atoms. The van der Waals surface area contributed by atoms with Crippen molar-refractivity contribution in [1.82, 2.24) is 19.9 Å². The molecule has 9 nitrogen and oxygen atoms in total. The highest BCUT2D eigenvalue weighted by Gasteiger charge is 2.44. The van der Waals surface area contributed by atoms with E-state index in [0.29, 0.717) is 29.7 Å². The summed E-state index contributed by atoms with van der Waals surface area (Å²) < 4.78 is 6.73. The Labute approximate surface area is 204 Å². The topological polar surface area (TPSA) is 106 Å². The number of carbonyl (C=O) groups excluding carboxylic acids is 2. The first-order valence-electron chi connectivity index (χ1n) is 12.0. The van der Waals surface area contributed by atoms with Crippen LogP contribution < -0.4 is 21.1 Å². The molecule has 4 rings (SSSR count). The zero-order valence-electron chi connectivity index (χ0n) is 20.3. The molecule has 184 valence electrons. The lowest BCUT2D eigenvalue weighted by Gasteiger charge is -2.28. The number of nitrogens with one attached hydrogen (secondary N) is 2. The van der Waals surface area contributed by atoms with Gasteiger partial charge in [0.05, 0.1) is 30.0 Å². The molecular weight excluding hydrogens is 446 g/mol. The Balaban J connectivity index is 1.59. The maximum Gasteiger partial charge on any atom is 0.262 e. The average Bonchev–Trinajstić information content (AvgIpc) is 3.22. The number of methoxy groups -OCH3 is 1. The maximum absolute atomic E-state index is 13.3. The van der Waals surface area contributed by atoms with Crippen molar-refractivity contribution >= 4 is 28.7 Å². The van der Waals surface area contributed by atoms with Gasteiger partial charge in [0.1, 0.15) is 5.75 Å². The molecule has 1 saturated heterocycles. The first kappa shape index (κ1) is 24.3. The van der Waals surface area contributed by atoms with E-state index in [0.717, 1.165) is 18.4 Å². The van der Waals surface area contributed by atoms with Crippen molar-refractivity contribution < 1.29 is 14.3 Å². The third-order valence-corrected chi connectivity index (χ3v) is 6.45. The third kappa shape index (κ3) is 4.84. The van der Waals surface area contributed by atoms with Gasteiger partial charge in [-0.1, -0.05) is 37.6 Å². The summed E-state index contributed by atoms with van der Waals surface area (Å²) in [5.74, 6) is -0.0158. The monoisotopic (exact) mass is 477 g/mol. The summed E-state index contributed by atoms with van der Waals surface area (Å²) >= 11 is 0. The molecule has 0 saturated carbocycles. The number of rotatable bonds is 9. The van der Waals surface area contributed by atoms with Gasteiger partial charge in [-0.3, -0.25) is 29.8 Å². The lowest BCUT2D eigenvalue weighted by Crippen LogP contribution is -2.40. The highest BCUT2D eigenvalue weighted by atomic mass is 16.5. The van der Waals surface area contributed by atoms with Crippen molar-refractivity contribution in [3.8, 4) is 5.75 Å². The fourth-order valence-corrected chi connectivity index (χ4v) is 4.60. The average molecular weight is 478 g/mol. The second-order valence-electron chi connectivity index (χ2n) is 8.59. The Morgan fingerprint density at radius 3 is 2.54 bits per heavy atom. The summed E-state index contributed by atoms with van der Waals surface area (Å²) in [4.78, 5) is 45.4. The van der Waals surface area contributed by atoms with E-state index in [4.69, 9.17) is 4.74 Å². The molecule has 35 heavy (non-hydrogen) atoms. The van der Waals surface area contributed by atoms with Crippen molar-refractivity contribution in [3.05, 3.63) is 64.4 Å². The first-order chi connectivity index (χ1) is 17.0. The molecule has 1 aliphatic heterocycles.